The van der Waals surface area contributed by atoms with Gasteiger partial charge in [-0.1, -0.05) is 0 Å². The highest BCUT2D eigenvalue weighted by atomic mass is 16.6. The molecule has 0 aliphatic carbocycles. The number of nitrogens with zero attached hydrogens (tertiary/aromatic N) is 3. The number of likely N-dealkylation sites (tertiary alicyclic amines) is 1. The first-order valence-electron chi connectivity index (χ1n) is 6.43. The van der Waals surface area contributed by atoms with Gasteiger partial charge >= 0.3 is 5.82 Å². The highest BCUT2D eigenvalue weighted by molar-refractivity contribution is 5.75. The van der Waals surface area contributed by atoms with E-state index in [0.717, 1.165) is 25.9 Å². The summed E-state index contributed by atoms with van der Waals surface area (Å²) in [6.45, 7) is 1.75. The SMILES string of the molecule is NC(=O)CN1CCC(Nc2cccnc2[N+](=O)[O-])CC1. The summed E-state index contributed by atoms with van der Waals surface area (Å²) < 4.78 is 0. The maximum absolute atomic E-state index is 10.9. The molecule has 0 spiro atoms. The van der Waals surface area contributed by atoms with Crippen LogP contribution in [0, 0.1) is 10.1 Å². The first-order valence-corrected chi connectivity index (χ1v) is 6.43. The van der Waals surface area contributed by atoms with Gasteiger partial charge in [-0.15, -0.1) is 0 Å². The summed E-state index contributed by atoms with van der Waals surface area (Å²) in [5.74, 6) is -0.494. The Hall–Kier alpha value is -2.22. The van der Waals surface area contributed by atoms with Crippen LogP contribution in [0.2, 0.25) is 0 Å². The summed E-state index contributed by atoms with van der Waals surface area (Å²) in [5.41, 5.74) is 5.59. The average molecular weight is 279 g/mol. The van der Waals surface area contributed by atoms with E-state index in [4.69, 9.17) is 5.73 Å². The number of amides is 1. The van der Waals surface area contributed by atoms with Gasteiger partial charge in [0.1, 0.15) is 11.9 Å². The van der Waals surface area contributed by atoms with Crippen LogP contribution in [0.3, 0.4) is 0 Å². The molecule has 2 heterocycles. The fraction of sp³-hybridized carbons (Fsp3) is 0.500. The molecule has 1 saturated heterocycles. The lowest BCUT2D eigenvalue weighted by molar-refractivity contribution is -0.388. The summed E-state index contributed by atoms with van der Waals surface area (Å²) in [7, 11) is 0. The average Bonchev–Trinajstić information content (AvgIpc) is 2.41. The zero-order chi connectivity index (χ0) is 14.5. The number of carbonyl (C=O) groups is 1. The van der Waals surface area contributed by atoms with Gasteiger partial charge in [-0.2, -0.15) is 0 Å². The Labute approximate surface area is 116 Å². The van der Waals surface area contributed by atoms with Gasteiger partial charge in [-0.25, -0.2) is 0 Å². The summed E-state index contributed by atoms with van der Waals surface area (Å²) >= 11 is 0. The summed E-state index contributed by atoms with van der Waals surface area (Å²) in [6, 6.07) is 3.46. The second kappa shape index (κ2) is 6.29. The number of hydrogen-bond donors (Lipinski definition) is 2. The largest absolute Gasteiger partial charge is 0.386 e. The van der Waals surface area contributed by atoms with Crippen molar-refractivity contribution in [2.24, 2.45) is 5.73 Å². The molecule has 0 atom stereocenters. The number of hydrogen-bond acceptors (Lipinski definition) is 6. The first kappa shape index (κ1) is 14.2. The summed E-state index contributed by atoms with van der Waals surface area (Å²) in [6.07, 6.45) is 3.01. The Morgan fingerprint density at radius 3 is 2.85 bits per heavy atom. The Kier molecular flexibility index (Phi) is 4.46. The van der Waals surface area contributed by atoms with Crippen molar-refractivity contribution in [2.75, 3.05) is 25.0 Å². The van der Waals surface area contributed by atoms with Gasteiger partial charge in [-0.05, 0) is 34.9 Å². The number of piperidine rings is 1. The number of anilines is 1. The van der Waals surface area contributed by atoms with Crippen molar-refractivity contribution >= 4 is 17.4 Å². The van der Waals surface area contributed by atoms with E-state index in [1.54, 1.807) is 12.1 Å². The molecule has 1 aliphatic rings. The maximum atomic E-state index is 10.9. The normalized spacial score (nSPS) is 16.8. The number of nitrogens with one attached hydrogen (secondary N) is 1. The molecule has 0 unspecified atom stereocenters. The van der Waals surface area contributed by atoms with Crippen LogP contribution in [-0.2, 0) is 4.79 Å². The highest BCUT2D eigenvalue weighted by Crippen LogP contribution is 2.23. The van der Waals surface area contributed by atoms with Crippen LogP contribution < -0.4 is 11.1 Å². The van der Waals surface area contributed by atoms with Gasteiger partial charge in [0.15, 0.2) is 0 Å². The Bertz CT molecular complexity index is 500. The molecule has 0 bridgehead atoms. The molecule has 0 saturated carbocycles. The lowest BCUT2D eigenvalue weighted by Gasteiger charge is -2.31. The predicted molar refractivity (Wildman–Crippen MR) is 73.2 cm³/mol. The van der Waals surface area contributed by atoms with Crippen molar-refractivity contribution in [1.82, 2.24) is 9.88 Å². The number of nitro groups is 1. The maximum Gasteiger partial charge on any atom is 0.386 e. The van der Waals surface area contributed by atoms with Crippen molar-refractivity contribution in [3.63, 3.8) is 0 Å². The third-order valence-corrected chi connectivity index (χ3v) is 3.29. The van der Waals surface area contributed by atoms with Crippen molar-refractivity contribution in [2.45, 2.75) is 18.9 Å². The first-order chi connectivity index (χ1) is 9.56. The van der Waals surface area contributed by atoms with Crippen molar-refractivity contribution in [3.05, 3.63) is 28.4 Å². The molecular weight excluding hydrogens is 262 g/mol. The monoisotopic (exact) mass is 279 g/mol. The Morgan fingerprint density at radius 1 is 1.55 bits per heavy atom. The molecule has 108 valence electrons. The number of pyridine rings is 1. The minimum absolute atomic E-state index is 0.141. The van der Waals surface area contributed by atoms with Crippen LogP contribution in [-0.4, -0.2) is 46.4 Å². The van der Waals surface area contributed by atoms with Crippen molar-refractivity contribution in [1.29, 1.82) is 0 Å². The minimum Gasteiger partial charge on any atom is -0.375 e. The van der Waals surface area contributed by atoms with Crippen LogP contribution in [0.25, 0.3) is 0 Å². The smallest absolute Gasteiger partial charge is 0.375 e. The molecule has 0 radical (unpaired) electrons. The number of aromatic nitrogens is 1. The van der Waals surface area contributed by atoms with Crippen molar-refractivity contribution in [3.8, 4) is 0 Å². The zero-order valence-corrected chi connectivity index (χ0v) is 11.0. The summed E-state index contributed by atoms with van der Waals surface area (Å²) in [5, 5.41) is 14.0. The van der Waals surface area contributed by atoms with Crippen LogP contribution in [0.1, 0.15) is 12.8 Å². The predicted octanol–water partition coefficient (Wildman–Crippen LogP) is 0.351. The van der Waals surface area contributed by atoms with Crippen LogP contribution in [0.4, 0.5) is 11.5 Å². The molecule has 0 aromatic carbocycles. The van der Waals surface area contributed by atoms with E-state index in [2.05, 4.69) is 10.3 Å². The molecule has 1 aliphatic heterocycles. The lowest BCUT2D eigenvalue weighted by atomic mass is 10.0. The van der Waals surface area contributed by atoms with E-state index in [1.165, 1.54) is 6.20 Å². The second-order valence-corrected chi connectivity index (χ2v) is 4.79. The van der Waals surface area contributed by atoms with Crippen LogP contribution in [0.15, 0.2) is 18.3 Å². The number of carbonyl (C=O) groups excluding carboxylic acids is 1. The van der Waals surface area contributed by atoms with Gasteiger partial charge < -0.3 is 21.2 Å². The fourth-order valence-electron chi connectivity index (χ4n) is 2.33. The molecule has 8 nitrogen and oxygen atoms in total. The molecule has 3 N–H and O–H groups in total. The van der Waals surface area contributed by atoms with Crippen molar-refractivity contribution < 1.29 is 9.72 Å². The fourth-order valence-corrected chi connectivity index (χ4v) is 2.33. The van der Waals surface area contributed by atoms with Gasteiger partial charge in [0.05, 0.1) is 6.54 Å². The Morgan fingerprint density at radius 2 is 2.25 bits per heavy atom. The molecular formula is C12H17N5O3. The van der Waals surface area contributed by atoms with E-state index < -0.39 is 4.92 Å². The van der Waals surface area contributed by atoms with E-state index in [9.17, 15) is 14.9 Å². The van der Waals surface area contributed by atoms with Gasteiger partial charge in [0.2, 0.25) is 5.91 Å². The van der Waals surface area contributed by atoms with E-state index in [-0.39, 0.29) is 24.3 Å². The molecule has 1 amide bonds. The van der Waals surface area contributed by atoms with E-state index >= 15 is 0 Å². The highest BCUT2D eigenvalue weighted by Gasteiger charge is 2.23. The molecule has 1 aromatic rings. The lowest BCUT2D eigenvalue weighted by Crippen LogP contribution is -2.43. The van der Waals surface area contributed by atoms with E-state index in [0.29, 0.717) is 5.69 Å². The molecule has 1 aromatic heterocycles. The molecule has 20 heavy (non-hydrogen) atoms. The zero-order valence-electron chi connectivity index (χ0n) is 11.0. The van der Waals surface area contributed by atoms with Gasteiger partial charge in [0.25, 0.3) is 0 Å². The quantitative estimate of drug-likeness (QED) is 0.593. The molecule has 1 fully saturated rings. The van der Waals surface area contributed by atoms with Crippen LogP contribution >= 0.6 is 0 Å². The van der Waals surface area contributed by atoms with E-state index in [1.807, 2.05) is 4.90 Å². The van der Waals surface area contributed by atoms with Crippen LogP contribution in [0.5, 0.6) is 0 Å². The number of rotatable bonds is 5. The minimum atomic E-state index is -0.495. The Balaban J connectivity index is 1.93. The van der Waals surface area contributed by atoms with Gasteiger partial charge in [0, 0.05) is 19.1 Å². The topological polar surface area (TPSA) is 114 Å². The third-order valence-electron chi connectivity index (χ3n) is 3.29. The molecule has 2 rings (SSSR count). The number of nitrogens with two attached hydrogens (primary N) is 1. The second-order valence-electron chi connectivity index (χ2n) is 4.79. The summed E-state index contributed by atoms with van der Waals surface area (Å²) in [4.78, 5) is 27.0. The van der Waals surface area contributed by atoms with Gasteiger partial charge in [-0.3, -0.25) is 9.69 Å². The third kappa shape index (κ3) is 3.64. The standard InChI is InChI=1S/C12H17N5O3/c13-11(18)8-16-6-3-9(4-7-16)15-10-2-1-5-14-12(10)17(19)20/h1-2,5,9,15H,3-4,6-8H2,(H2,13,18). The number of primary amides is 1. The molecule has 8 heteroatoms.